The van der Waals surface area contributed by atoms with E-state index in [2.05, 4.69) is 30.2 Å². The Morgan fingerprint density at radius 3 is 2.38 bits per heavy atom. The van der Waals surface area contributed by atoms with Gasteiger partial charge in [-0.25, -0.2) is 14.4 Å². The maximum absolute atomic E-state index is 13.2. The number of halogens is 1. The van der Waals surface area contributed by atoms with Crippen LogP contribution in [0.25, 0.3) is 22.4 Å². The molecule has 29 heavy (non-hydrogen) atoms. The molecule has 0 aliphatic heterocycles. The van der Waals surface area contributed by atoms with E-state index in [1.807, 2.05) is 26.0 Å². The van der Waals surface area contributed by atoms with Gasteiger partial charge >= 0.3 is 0 Å². The number of aromatic nitrogens is 5. The number of pyridine rings is 1. The number of anilines is 1. The first-order valence-corrected chi connectivity index (χ1v) is 9.15. The van der Waals surface area contributed by atoms with Gasteiger partial charge in [0.05, 0.1) is 29.8 Å². The summed E-state index contributed by atoms with van der Waals surface area (Å²) in [7, 11) is 0. The van der Waals surface area contributed by atoms with Crippen LogP contribution in [0.3, 0.4) is 0 Å². The highest BCUT2D eigenvalue weighted by Gasteiger charge is 2.08. The van der Waals surface area contributed by atoms with E-state index in [1.165, 1.54) is 12.1 Å². The Hall–Kier alpha value is -3.74. The van der Waals surface area contributed by atoms with Crippen molar-refractivity contribution in [2.24, 2.45) is 0 Å². The SMILES string of the molecule is Cc1cnc(CNc2cc(-c3cncc(-c4ccc(F)cc4)c3)nc(C)n2)cn1. The van der Waals surface area contributed by atoms with E-state index in [0.29, 0.717) is 18.2 Å². The summed E-state index contributed by atoms with van der Waals surface area (Å²) in [5.74, 6) is 1.08. The molecular formula is C22H19FN6. The predicted molar refractivity (Wildman–Crippen MR) is 109 cm³/mol. The lowest BCUT2D eigenvalue weighted by Crippen LogP contribution is -2.06. The molecule has 3 heterocycles. The lowest BCUT2D eigenvalue weighted by Gasteiger charge is -2.09. The number of hydrogen-bond donors (Lipinski definition) is 1. The molecular weight excluding hydrogens is 367 g/mol. The van der Waals surface area contributed by atoms with Gasteiger partial charge in [0.25, 0.3) is 0 Å². The maximum Gasteiger partial charge on any atom is 0.130 e. The summed E-state index contributed by atoms with van der Waals surface area (Å²) in [5.41, 5.74) is 5.10. The molecule has 0 fully saturated rings. The molecule has 0 saturated carbocycles. The number of nitrogens with zero attached hydrogens (tertiary/aromatic N) is 5. The van der Waals surface area contributed by atoms with E-state index in [4.69, 9.17) is 0 Å². The van der Waals surface area contributed by atoms with E-state index >= 15 is 0 Å². The van der Waals surface area contributed by atoms with Crippen molar-refractivity contribution in [2.75, 3.05) is 5.32 Å². The molecule has 0 amide bonds. The third-order valence-electron chi connectivity index (χ3n) is 4.33. The molecule has 0 unspecified atom stereocenters. The lowest BCUT2D eigenvalue weighted by molar-refractivity contribution is 0.628. The third-order valence-corrected chi connectivity index (χ3v) is 4.33. The van der Waals surface area contributed by atoms with Crippen LogP contribution in [0.15, 0.2) is 61.2 Å². The smallest absolute Gasteiger partial charge is 0.130 e. The van der Waals surface area contributed by atoms with Crippen LogP contribution >= 0.6 is 0 Å². The lowest BCUT2D eigenvalue weighted by atomic mass is 10.0. The average molecular weight is 386 g/mol. The van der Waals surface area contributed by atoms with Gasteiger partial charge in [-0.05, 0) is 37.6 Å². The van der Waals surface area contributed by atoms with Gasteiger partial charge in [-0.2, -0.15) is 0 Å². The van der Waals surface area contributed by atoms with Crippen LogP contribution in [0.1, 0.15) is 17.2 Å². The largest absolute Gasteiger partial charge is 0.364 e. The summed E-state index contributed by atoms with van der Waals surface area (Å²) in [5, 5.41) is 3.27. The highest BCUT2D eigenvalue weighted by molar-refractivity contribution is 5.71. The Balaban J connectivity index is 1.59. The minimum Gasteiger partial charge on any atom is -0.364 e. The fourth-order valence-corrected chi connectivity index (χ4v) is 2.88. The van der Waals surface area contributed by atoms with Gasteiger partial charge in [-0.15, -0.1) is 0 Å². The van der Waals surface area contributed by atoms with Gasteiger partial charge < -0.3 is 5.32 Å². The van der Waals surface area contributed by atoms with Gasteiger partial charge in [0.2, 0.25) is 0 Å². The van der Waals surface area contributed by atoms with Crippen LogP contribution in [0, 0.1) is 19.7 Å². The Morgan fingerprint density at radius 1 is 0.828 bits per heavy atom. The first kappa shape index (κ1) is 18.6. The monoisotopic (exact) mass is 386 g/mol. The van der Waals surface area contributed by atoms with E-state index in [1.54, 1.807) is 36.9 Å². The van der Waals surface area contributed by atoms with Gasteiger partial charge in [-0.3, -0.25) is 15.0 Å². The number of aryl methyl sites for hydroxylation is 2. The van der Waals surface area contributed by atoms with Crippen LogP contribution in [0.4, 0.5) is 10.2 Å². The van der Waals surface area contributed by atoms with Crippen LogP contribution in [0.5, 0.6) is 0 Å². The molecule has 144 valence electrons. The third kappa shape index (κ3) is 4.57. The molecule has 0 aliphatic rings. The summed E-state index contributed by atoms with van der Waals surface area (Å²) in [6.45, 7) is 4.26. The quantitative estimate of drug-likeness (QED) is 0.549. The number of rotatable bonds is 5. The predicted octanol–water partition coefficient (Wildman–Crippen LogP) is 4.36. The van der Waals surface area contributed by atoms with Crippen LogP contribution in [0.2, 0.25) is 0 Å². The minimum absolute atomic E-state index is 0.265. The second kappa shape index (κ2) is 8.10. The first-order valence-electron chi connectivity index (χ1n) is 9.15. The second-order valence-electron chi connectivity index (χ2n) is 6.66. The average Bonchev–Trinajstić information content (AvgIpc) is 2.74. The van der Waals surface area contributed by atoms with Crippen molar-refractivity contribution < 1.29 is 4.39 Å². The van der Waals surface area contributed by atoms with Crippen molar-refractivity contribution in [3.8, 4) is 22.4 Å². The maximum atomic E-state index is 13.2. The number of benzene rings is 1. The Bertz CT molecular complexity index is 1130. The van der Waals surface area contributed by atoms with Gasteiger partial charge in [-0.1, -0.05) is 12.1 Å². The number of hydrogen-bond acceptors (Lipinski definition) is 6. The van der Waals surface area contributed by atoms with Crippen molar-refractivity contribution in [1.82, 2.24) is 24.9 Å². The first-order chi connectivity index (χ1) is 14.1. The van der Waals surface area contributed by atoms with Crippen molar-refractivity contribution in [3.05, 3.63) is 84.2 Å². The van der Waals surface area contributed by atoms with Gasteiger partial charge in [0, 0.05) is 35.8 Å². The van der Waals surface area contributed by atoms with Crippen molar-refractivity contribution in [3.63, 3.8) is 0 Å². The molecule has 0 saturated heterocycles. The molecule has 0 atom stereocenters. The van der Waals surface area contributed by atoms with Gasteiger partial charge in [0.15, 0.2) is 0 Å². The summed E-state index contributed by atoms with van der Waals surface area (Å²) >= 11 is 0. The van der Waals surface area contributed by atoms with Crippen molar-refractivity contribution in [1.29, 1.82) is 0 Å². The molecule has 1 aromatic carbocycles. The Kier molecular flexibility index (Phi) is 5.20. The summed E-state index contributed by atoms with van der Waals surface area (Å²) in [6.07, 6.45) is 6.98. The molecule has 7 heteroatoms. The fourth-order valence-electron chi connectivity index (χ4n) is 2.88. The van der Waals surface area contributed by atoms with Crippen molar-refractivity contribution >= 4 is 5.82 Å². The van der Waals surface area contributed by atoms with Crippen LogP contribution in [-0.2, 0) is 6.54 Å². The van der Waals surface area contributed by atoms with Crippen LogP contribution < -0.4 is 5.32 Å². The minimum atomic E-state index is -0.265. The zero-order valence-corrected chi connectivity index (χ0v) is 16.1. The summed E-state index contributed by atoms with van der Waals surface area (Å²) in [4.78, 5) is 21.9. The highest BCUT2D eigenvalue weighted by atomic mass is 19.1. The Morgan fingerprint density at radius 2 is 1.62 bits per heavy atom. The van der Waals surface area contributed by atoms with E-state index in [0.717, 1.165) is 33.8 Å². The molecule has 0 bridgehead atoms. The summed E-state index contributed by atoms with van der Waals surface area (Å²) in [6, 6.07) is 10.2. The van der Waals surface area contributed by atoms with Gasteiger partial charge in [0.1, 0.15) is 17.5 Å². The van der Waals surface area contributed by atoms with E-state index < -0.39 is 0 Å². The molecule has 4 aromatic rings. The molecule has 0 radical (unpaired) electrons. The highest BCUT2D eigenvalue weighted by Crippen LogP contribution is 2.25. The molecule has 3 aromatic heterocycles. The molecule has 1 N–H and O–H groups in total. The molecule has 4 rings (SSSR count). The molecule has 6 nitrogen and oxygen atoms in total. The normalized spacial score (nSPS) is 10.7. The van der Waals surface area contributed by atoms with Crippen LogP contribution in [-0.4, -0.2) is 24.9 Å². The summed E-state index contributed by atoms with van der Waals surface area (Å²) < 4.78 is 13.2. The molecule has 0 aliphatic carbocycles. The van der Waals surface area contributed by atoms with Crippen molar-refractivity contribution in [2.45, 2.75) is 20.4 Å². The zero-order valence-electron chi connectivity index (χ0n) is 16.1. The number of nitrogens with one attached hydrogen (secondary N) is 1. The van der Waals surface area contributed by atoms with E-state index in [-0.39, 0.29) is 5.82 Å². The molecule has 0 spiro atoms. The second-order valence-corrected chi connectivity index (χ2v) is 6.66. The Labute approximate surface area is 168 Å². The topological polar surface area (TPSA) is 76.5 Å². The standard InChI is InChI=1S/C22H19FN6/c1-14-9-26-20(12-25-14)13-27-22-8-21(28-15(2)29-22)18-7-17(10-24-11-18)16-3-5-19(23)6-4-16/h3-12H,13H2,1-2H3,(H,27,28,29). The fraction of sp³-hybridized carbons (Fsp3) is 0.136. The van der Waals surface area contributed by atoms with E-state index in [9.17, 15) is 4.39 Å². The zero-order chi connectivity index (χ0) is 20.2.